The third-order valence-electron chi connectivity index (χ3n) is 5.86. The summed E-state index contributed by atoms with van der Waals surface area (Å²) >= 11 is 0. The third kappa shape index (κ3) is 4.01. The maximum absolute atomic E-state index is 13.4. The predicted molar refractivity (Wildman–Crippen MR) is 137 cm³/mol. The summed E-state index contributed by atoms with van der Waals surface area (Å²) in [6, 6.07) is 25.9. The molecule has 180 valence electrons. The van der Waals surface area contributed by atoms with E-state index in [2.05, 4.69) is 9.97 Å². The highest BCUT2D eigenvalue weighted by Crippen LogP contribution is 2.27. The Morgan fingerprint density at radius 1 is 0.541 bits per heavy atom. The van der Waals surface area contributed by atoms with E-state index < -0.39 is 21.1 Å². The van der Waals surface area contributed by atoms with E-state index in [1.807, 2.05) is 12.1 Å². The second-order valence-corrected chi connectivity index (χ2v) is 10.2. The summed E-state index contributed by atoms with van der Waals surface area (Å²) < 4.78 is 37.5. The van der Waals surface area contributed by atoms with Gasteiger partial charge in [-0.3, -0.25) is 0 Å². The largest absolute Gasteiger partial charge is 0.403 e. The van der Waals surface area contributed by atoms with Crippen LogP contribution in [-0.2, 0) is 9.84 Å². The number of hydrogen-bond acceptors (Lipinski definition) is 8. The number of nitrogens with zero attached hydrogens (tertiary/aromatic N) is 2. The first kappa shape index (κ1) is 22.6. The van der Waals surface area contributed by atoms with Gasteiger partial charge < -0.3 is 8.83 Å². The Labute approximate surface area is 209 Å². The smallest absolute Gasteiger partial charge is 0.347 e. The zero-order valence-electron chi connectivity index (χ0n) is 19.0. The Kier molecular flexibility index (Phi) is 5.27. The molecule has 0 bridgehead atoms. The normalized spacial score (nSPS) is 11.7. The van der Waals surface area contributed by atoms with Crippen molar-refractivity contribution in [3.63, 3.8) is 0 Å². The molecular formula is C28H16N2O6S. The lowest BCUT2D eigenvalue weighted by molar-refractivity contribution is 0.518. The van der Waals surface area contributed by atoms with Gasteiger partial charge in [0.2, 0.25) is 21.6 Å². The number of aromatic nitrogens is 2. The Balaban J connectivity index is 1.42. The second kappa shape index (κ2) is 8.65. The van der Waals surface area contributed by atoms with Crippen molar-refractivity contribution in [3.05, 3.63) is 118 Å². The van der Waals surface area contributed by atoms with Gasteiger partial charge in [0.15, 0.2) is 0 Å². The molecule has 9 heteroatoms. The van der Waals surface area contributed by atoms with Crippen molar-refractivity contribution >= 4 is 31.6 Å². The molecule has 2 heterocycles. The van der Waals surface area contributed by atoms with E-state index in [0.29, 0.717) is 22.2 Å². The van der Waals surface area contributed by atoms with Crippen molar-refractivity contribution in [3.8, 4) is 22.9 Å². The monoisotopic (exact) mass is 508 g/mol. The van der Waals surface area contributed by atoms with Crippen molar-refractivity contribution < 1.29 is 17.3 Å². The van der Waals surface area contributed by atoms with Crippen LogP contribution in [0.4, 0.5) is 0 Å². The van der Waals surface area contributed by atoms with Gasteiger partial charge in [0.25, 0.3) is 0 Å². The number of fused-ring (bicyclic) bond motifs is 2. The molecule has 0 spiro atoms. The van der Waals surface area contributed by atoms with E-state index in [9.17, 15) is 18.0 Å². The summed E-state index contributed by atoms with van der Waals surface area (Å²) in [5.41, 5.74) is 0.418. The van der Waals surface area contributed by atoms with Crippen LogP contribution >= 0.6 is 0 Å². The lowest BCUT2D eigenvalue weighted by Crippen LogP contribution is -2.08. The molecule has 4 aromatic carbocycles. The number of rotatable bonds is 4. The molecule has 0 aliphatic carbocycles. The lowest BCUT2D eigenvalue weighted by Gasteiger charge is -2.08. The molecule has 6 rings (SSSR count). The number of hydrogen-bond donors (Lipinski definition) is 0. The van der Waals surface area contributed by atoms with Crippen LogP contribution in [0.25, 0.3) is 44.7 Å². The van der Waals surface area contributed by atoms with Gasteiger partial charge in [0.05, 0.1) is 31.6 Å². The molecule has 0 saturated carbocycles. The predicted octanol–water partition coefficient (Wildman–Crippen LogP) is 4.86. The molecule has 6 aromatic rings. The second-order valence-electron chi connectivity index (χ2n) is 8.21. The van der Waals surface area contributed by atoms with Crippen LogP contribution in [0.15, 0.2) is 125 Å². The minimum Gasteiger partial charge on any atom is -0.403 e. The van der Waals surface area contributed by atoms with Crippen molar-refractivity contribution in [1.29, 1.82) is 0 Å². The van der Waals surface area contributed by atoms with Gasteiger partial charge >= 0.3 is 11.3 Å². The Morgan fingerprint density at radius 2 is 0.946 bits per heavy atom. The van der Waals surface area contributed by atoms with Crippen LogP contribution in [0.3, 0.4) is 0 Å². The first-order valence-electron chi connectivity index (χ1n) is 11.2. The molecule has 0 saturated heterocycles. The average molecular weight is 509 g/mol. The molecule has 0 aliphatic rings. The Morgan fingerprint density at radius 3 is 1.35 bits per heavy atom. The van der Waals surface area contributed by atoms with Crippen LogP contribution in [0.2, 0.25) is 0 Å². The van der Waals surface area contributed by atoms with E-state index in [4.69, 9.17) is 8.83 Å². The van der Waals surface area contributed by atoms with E-state index in [0.717, 1.165) is 0 Å². The first-order valence-corrected chi connectivity index (χ1v) is 12.6. The highest BCUT2D eigenvalue weighted by molar-refractivity contribution is 7.91. The maximum atomic E-state index is 13.4. The molecule has 2 aromatic heterocycles. The average Bonchev–Trinajstić information content (AvgIpc) is 2.93. The van der Waals surface area contributed by atoms with Gasteiger partial charge in [-0.2, -0.15) is 0 Å². The van der Waals surface area contributed by atoms with Crippen LogP contribution in [0.1, 0.15) is 0 Å². The van der Waals surface area contributed by atoms with Crippen LogP contribution in [-0.4, -0.2) is 18.4 Å². The van der Waals surface area contributed by atoms with Gasteiger partial charge in [0, 0.05) is 11.1 Å². The quantitative estimate of drug-likeness (QED) is 0.331. The Bertz CT molecular complexity index is 1890. The number of sulfone groups is 1. The topological polar surface area (TPSA) is 120 Å². The molecule has 8 nitrogen and oxygen atoms in total. The molecule has 0 amide bonds. The van der Waals surface area contributed by atoms with Gasteiger partial charge in [0.1, 0.15) is 0 Å². The summed E-state index contributed by atoms with van der Waals surface area (Å²) in [6.07, 6.45) is 0. The third-order valence-corrected chi connectivity index (χ3v) is 7.61. The molecule has 37 heavy (non-hydrogen) atoms. The van der Waals surface area contributed by atoms with Crippen molar-refractivity contribution in [2.75, 3.05) is 0 Å². The fourth-order valence-electron chi connectivity index (χ4n) is 3.98. The molecule has 0 aliphatic heterocycles. The van der Waals surface area contributed by atoms with Crippen molar-refractivity contribution in [2.24, 2.45) is 0 Å². The fourth-order valence-corrected chi connectivity index (χ4v) is 5.29. The van der Waals surface area contributed by atoms with Gasteiger partial charge in [-0.05, 0) is 60.7 Å². The summed E-state index contributed by atoms with van der Waals surface area (Å²) in [6.45, 7) is 0. The maximum Gasteiger partial charge on any atom is 0.347 e. The zero-order chi connectivity index (χ0) is 25.6. The molecule has 0 unspecified atom stereocenters. The van der Waals surface area contributed by atoms with Crippen LogP contribution in [0, 0.1) is 0 Å². The van der Waals surface area contributed by atoms with Crippen molar-refractivity contribution in [2.45, 2.75) is 9.79 Å². The summed E-state index contributed by atoms with van der Waals surface area (Å²) in [7, 11) is -4.10. The summed E-state index contributed by atoms with van der Waals surface area (Å²) in [5, 5.41) is 0.0467. The Hall–Kier alpha value is -4.89. The highest BCUT2D eigenvalue weighted by Gasteiger charge is 2.21. The minimum atomic E-state index is -4.10. The van der Waals surface area contributed by atoms with Crippen LogP contribution in [0.5, 0.6) is 0 Å². The molecule has 0 radical (unpaired) electrons. The highest BCUT2D eigenvalue weighted by atomic mass is 32.2. The summed E-state index contributed by atoms with van der Waals surface area (Å²) in [4.78, 5) is 33.8. The van der Waals surface area contributed by atoms with Gasteiger partial charge in [-0.1, -0.05) is 36.4 Å². The van der Waals surface area contributed by atoms with E-state index in [1.54, 1.807) is 48.5 Å². The molecule has 0 atom stereocenters. The molecular weight excluding hydrogens is 492 g/mol. The zero-order valence-corrected chi connectivity index (χ0v) is 19.8. The molecule has 0 N–H and O–H groups in total. The SMILES string of the molecule is O=c1oc(-c2ccccc2)nc2ccc(S(=O)(=O)c3ccc4nc(-c5ccccc5)oc(=O)c4c3)cc12. The summed E-state index contributed by atoms with van der Waals surface area (Å²) in [5.74, 6) is 0.273. The lowest BCUT2D eigenvalue weighted by atomic mass is 10.2. The standard InChI is InChI=1S/C28H16N2O6S/c31-27-21-15-19(11-13-23(21)29-25(35-27)17-7-3-1-4-8-17)37(33,34)20-12-14-24-22(16-20)28(32)36-26(30-24)18-9-5-2-6-10-18/h1-16H. The first-order chi connectivity index (χ1) is 17.9. The van der Waals surface area contributed by atoms with E-state index in [-0.39, 0.29) is 32.3 Å². The van der Waals surface area contributed by atoms with Gasteiger partial charge in [-0.15, -0.1) is 0 Å². The minimum absolute atomic E-state index is 0.0234. The van der Waals surface area contributed by atoms with Gasteiger partial charge in [-0.25, -0.2) is 28.0 Å². The van der Waals surface area contributed by atoms with Crippen LogP contribution < -0.4 is 11.3 Å². The molecule has 0 fully saturated rings. The fraction of sp³-hybridized carbons (Fsp3) is 0. The van der Waals surface area contributed by atoms with E-state index >= 15 is 0 Å². The van der Waals surface area contributed by atoms with E-state index in [1.165, 1.54) is 36.4 Å². The number of benzene rings is 4. The van der Waals surface area contributed by atoms with Crippen molar-refractivity contribution in [1.82, 2.24) is 9.97 Å².